The van der Waals surface area contributed by atoms with E-state index in [1.807, 2.05) is 0 Å². The van der Waals surface area contributed by atoms with Gasteiger partial charge in [-0.1, -0.05) is 312 Å². The molecule has 0 amide bonds. The van der Waals surface area contributed by atoms with Crippen LogP contribution in [0.4, 0.5) is 0 Å². The van der Waals surface area contributed by atoms with Gasteiger partial charge in [0.25, 0.3) is 0 Å². The normalized spacial score (nSPS) is 14.5. The molecule has 0 aliphatic heterocycles. The van der Waals surface area contributed by atoms with E-state index in [0.29, 0.717) is 25.7 Å². The highest BCUT2D eigenvalue weighted by atomic mass is 31.2. The van der Waals surface area contributed by atoms with Crippen molar-refractivity contribution in [2.24, 2.45) is 17.8 Å². The molecule has 0 aliphatic carbocycles. The lowest BCUT2D eigenvalue weighted by Gasteiger charge is -2.21. The summed E-state index contributed by atoms with van der Waals surface area (Å²) in [4.78, 5) is 72.5. The van der Waals surface area contributed by atoms with Crippen molar-refractivity contribution >= 4 is 39.5 Å². The van der Waals surface area contributed by atoms with Crippen molar-refractivity contribution in [1.29, 1.82) is 0 Å². The molecule has 3 N–H and O–H groups in total. The van der Waals surface area contributed by atoms with Gasteiger partial charge in [0.2, 0.25) is 0 Å². The van der Waals surface area contributed by atoms with Crippen molar-refractivity contribution in [3.63, 3.8) is 0 Å². The van der Waals surface area contributed by atoms with E-state index in [-0.39, 0.29) is 25.7 Å². The van der Waals surface area contributed by atoms with Crippen LogP contribution in [0.5, 0.6) is 0 Å². The number of rotatable bonds is 70. The average Bonchev–Trinajstić information content (AvgIpc) is 3.72. The van der Waals surface area contributed by atoms with Crippen LogP contribution in [0.1, 0.15) is 363 Å². The lowest BCUT2D eigenvalue weighted by molar-refractivity contribution is -0.161. The van der Waals surface area contributed by atoms with E-state index in [0.717, 1.165) is 120 Å². The molecule has 17 nitrogen and oxygen atoms in total. The minimum absolute atomic E-state index is 0.106. The zero-order chi connectivity index (χ0) is 67.3. The van der Waals surface area contributed by atoms with E-state index in [9.17, 15) is 43.2 Å². The number of hydrogen-bond donors (Lipinski definition) is 3. The first kappa shape index (κ1) is 89.1. The minimum atomic E-state index is -4.95. The molecule has 0 heterocycles. The highest BCUT2D eigenvalue weighted by Crippen LogP contribution is 2.45. The number of aliphatic hydroxyl groups excluding tert-OH is 1. The van der Waals surface area contributed by atoms with Crippen molar-refractivity contribution in [1.82, 2.24) is 0 Å². The van der Waals surface area contributed by atoms with E-state index in [1.54, 1.807) is 0 Å². The summed E-state index contributed by atoms with van der Waals surface area (Å²) in [5.41, 5.74) is 0. The molecule has 0 saturated heterocycles. The summed E-state index contributed by atoms with van der Waals surface area (Å²) in [5, 5.41) is 10.6. The van der Waals surface area contributed by atoms with Crippen LogP contribution in [-0.2, 0) is 65.4 Å². The van der Waals surface area contributed by atoms with Crippen molar-refractivity contribution in [3.8, 4) is 0 Å². The van der Waals surface area contributed by atoms with Gasteiger partial charge < -0.3 is 33.8 Å². The molecule has 3 unspecified atom stereocenters. The summed E-state index contributed by atoms with van der Waals surface area (Å²) >= 11 is 0. The molecule has 0 aromatic carbocycles. The van der Waals surface area contributed by atoms with Crippen LogP contribution in [-0.4, -0.2) is 96.7 Å². The number of unbranched alkanes of at least 4 members (excludes halogenated alkanes) is 37. The largest absolute Gasteiger partial charge is 0.472 e. The summed E-state index contributed by atoms with van der Waals surface area (Å²) < 4.78 is 68.3. The third-order valence-electron chi connectivity index (χ3n) is 17.0. The Kier molecular flexibility index (Phi) is 61.5. The number of carbonyl (C=O) groups is 4. The van der Waals surface area contributed by atoms with E-state index in [4.69, 9.17) is 37.0 Å². The van der Waals surface area contributed by atoms with Gasteiger partial charge in [0, 0.05) is 25.7 Å². The van der Waals surface area contributed by atoms with Gasteiger partial charge in [-0.05, 0) is 43.4 Å². The summed E-state index contributed by atoms with van der Waals surface area (Å²) in [6.07, 6.45) is 47.2. The molecule has 6 atom stereocenters. The van der Waals surface area contributed by atoms with Crippen molar-refractivity contribution in [2.45, 2.75) is 381 Å². The van der Waals surface area contributed by atoms with Gasteiger partial charge in [-0.25, -0.2) is 9.13 Å². The predicted octanol–water partition coefficient (Wildman–Crippen LogP) is 20.6. The van der Waals surface area contributed by atoms with E-state index < -0.39 is 97.5 Å². The van der Waals surface area contributed by atoms with E-state index in [1.165, 1.54) is 161 Å². The Balaban J connectivity index is 5.22. The molecule has 0 bridgehead atoms. The van der Waals surface area contributed by atoms with Gasteiger partial charge in [0.05, 0.1) is 26.4 Å². The first-order chi connectivity index (χ1) is 43.8. The van der Waals surface area contributed by atoms with Gasteiger partial charge >= 0.3 is 39.5 Å². The summed E-state index contributed by atoms with van der Waals surface area (Å²) in [7, 11) is -9.90. The second-order valence-corrected chi connectivity index (χ2v) is 30.1. The molecule has 19 heteroatoms. The average molecular weight is 1340 g/mol. The Morgan fingerprint density at radius 2 is 0.560 bits per heavy atom. The van der Waals surface area contributed by atoms with Crippen LogP contribution in [0.15, 0.2) is 0 Å². The molecule has 0 radical (unpaired) electrons. The van der Waals surface area contributed by atoms with Crippen LogP contribution in [0, 0.1) is 17.8 Å². The SMILES string of the molecule is CCCCCCCCCC(=O)OC[C@H](COP(=O)(O)OC[C@H](O)COP(=O)(O)OC[C@@H](COC(=O)CCCCCCCCCCCCCCC(C)C)OC(=O)CCCCCCCCCCCCCCC(C)C)OC(=O)CCCCCCCCCCCCC(C)CC. The summed E-state index contributed by atoms with van der Waals surface area (Å²) in [5.74, 6) is 0.235. The maximum atomic E-state index is 13.0. The zero-order valence-corrected chi connectivity index (χ0v) is 61.1. The van der Waals surface area contributed by atoms with Crippen LogP contribution < -0.4 is 0 Å². The summed E-state index contributed by atoms with van der Waals surface area (Å²) in [6, 6.07) is 0. The topological polar surface area (TPSA) is 237 Å². The summed E-state index contributed by atoms with van der Waals surface area (Å²) in [6.45, 7) is 11.9. The number of hydrogen-bond acceptors (Lipinski definition) is 15. The Labute approximate surface area is 556 Å². The Morgan fingerprint density at radius 1 is 0.319 bits per heavy atom. The number of esters is 4. The number of phosphoric ester groups is 2. The maximum absolute atomic E-state index is 13.0. The molecule has 0 saturated carbocycles. The number of phosphoric acid groups is 2. The van der Waals surface area contributed by atoms with Gasteiger partial charge in [-0.15, -0.1) is 0 Å². The van der Waals surface area contributed by atoms with Crippen molar-refractivity contribution in [2.75, 3.05) is 39.6 Å². The lowest BCUT2D eigenvalue weighted by atomic mass is 9.99. The van der Waals surface area contributed by atoms with Crippen LogP contribution in [0.2, 0.25) is 0 Å². The smallest absolute Gasteiger partial charge is 0.462 e. The first-order valence-electron chi connectivity index (χ1n) is 37.4. The van der Waals surface area contributed by atoms with Gasteiger partial charge in [-0.3, -0.25) is 37.3 Å². The molecule has 0 aromatic rings. The van der Waals surface area contributed by atoms with E-state index in [2.05, 4.69) is 48.5 Å². The third kappa shape index (κ3) is 65.1. The maximum Gasteiger partial charge on any atom is 0.472 e. The highest BCUT2D eigenvalue weighted by Gasteiger charge is 2.30. The molecule has 0 aliphatic rings. The monoisotopic (exact) mass is 1340 g/mol. The molecule has 0 spiro atoms. The number of ether oxygens (including phenoxy) is 4. The Bertz CT molecular complexity index is 1790. The molecular formula is C72H140O17P2. The van der Waals surface area contributed by atoms with Crippen LogP contribution in [0.25, 0.3) is 0 Å². The third-order valence-corrected chi connectivity index (χ3v) is 18.9. The molecule has 0 rings (SSSR count). The standard InChI is InChI=1S/C72H140O17P2/c1-8-10-11-12-29-39-46-53-69(74)82-59-67(88-72(77)56-49-42-35-28-22-21-25-32-38-45-52-65(7)9-2)61-86-90(78,79)84-57-66(73)58-85-91(80,81)87-62-68(89-71(76)55-48-41-34-27-20-16-14-18-24-31-37-44-51-64(5)6)60-83-70(75)54-47-40-33-26-19-15-13-17-23-30-36-43-50-63(3)4/h63-68,73H,8-62H2,1-7H3,(H,78,79)(H,80,81)/t65?,66-,67+,68+/m0/s1. The minimum Gasteiger partial charge on any atom is -0.462 e. The molecule has 91 heavy (non-hydrogen) atoms. The zero-order valence-electron chi connectivity index (χ0n) is 59.3. The fourth-order valence-electron chi connectivity index (χ4n) is 10.9. The van der Waals surface area contributed by atoms with Gasteiger partial charge in [-0.2, -0.15) is 0 Å². The quantitative estimate of drug-likeness (QED) is 0.0222. The molecule has 0 aromatic heterocycles. The van der Waals surface area contributed by atoms with Gasteiger partial charge in [0.15, 0.2) is 12.2 Å². The fourth-order valence-corrected chi connectivity index (χ4v) is 12.4. The van der Waals surface area contributed by atoms with Crippen LogP contribution in [0.3, 0.4) is 0 Å². The van der Waals surface area contributed by atoms with Crippen molar-refractivity contribution < 1.29 is 80.2 Å². The van der Waals surface area contributed by atoms with Crippen LogP contribution >= 0.6 is 15.6 Å². The van der Waals surface area contributed by atoms with E-state index >= 15 is 0 Å². The Morgan fingerprint density at radius 3 is 0.835 bits per heavy atom. The molecule has 0 fully saturated rings. The molecule has 540 valence electrons. The lowest BCUT2D eigenvalue weighted by Crippen LogP contribution is -2.30. The highest BCUT2D eigenvalue weighted by molar-refractivity contribution is 7.47. The number of aliphatic hydroxyl groups is 1. The Hall–Kier alpha value is -1.94. The predicted molar refractivity (Wildman–Crippen MR) is 368 cm³/mol. The molecular weight excluding hydrogens is 1200 g/mol. The fraction of sp³-hybridized carbons (Fsp3) is 0.944. The second-order valence-electron chi connectivity index (χ2n) is 27.2. The second kappa shape index (κ2) is 62.8. The van der Waals surface area contributed by atoms with Crippen molar-refractivity contribution in [3.05, 3.63) is 0 Å². The first-order valence-corrected chi connectivity index (χ1v) is 40.4. The van der Waals surface area contributed by atoms with Gasteiger partial charge in [0.1, 0.15) is 19.3 Å². The number of carbonyl (C=O) groups excluding carboxylic acids is 4.